The smallest absolute Gasteiger partial charge is 0.246 e. The Morgan fingerprint density at radius 3 is 2.67 bits per heavy atom. The van der Waals surface area contributed by atoms with Crippen LogP contribution in [0.5, 0.6) is 0 Å². The molecule has 2 rings (SSSR count). The van der Waals surface area contributed by atoms with Crippen LogP contribution in [0.3, 0.4) is 0 Å². The summed E-state index contributed by atoms with van der Waals surface area (Å²) in [5.41, 5.74) is 5.70. The summed E-state index contributed by atoms with van der Waals surface area (Å²) in [6.45, 7) is 0.478. The predicted molar refractivity (Wildman–Crippen MR) is 62.3 cm³/mol. The van der Waals surface area contributed by atoms with E-state index in [1.807, 2.05) is 0 Å². The lowest BCUT2D eigenvalue weighted by molar-refractivity contribution is 0.315. The van der Waals surface area contributed by atoms with E-state index in [4.69, 9.17) is 5.73 Å². The molecule has 1 atom stereocenters. The number of rotatable bonds is 2. The molecule has 1 fully saturated rings. The molecule has 0 radical (unpaired) electrons. The first-order chi connectivity index (χ1) is 8.41. The van der Waals surface area contributed by atoms with Gasteiger partial charge in [0.15, 0.2) is 0 Å². The van der Waals surface area contributed by atoms with E-state index in [9.17, 15) is 17.2 Å². The molecule has 1 aromatic carbocycles. The first-order valence-corrected chi connectivity index (χ1v) is 7.06. The minimum Gasteiger partial charge on any atom is -0.327 e. The zero-order valence-corrected chi connectivity index (χ0v) is 10.5. The average molecular weight is 276 g/mol. The molecule has 1 unspecified atom stereocenters. The standard InChI is InChI=1S/C11H14F2N2O2S/c12-8-3-4-11(10(13)6-8)18(16,17)15-5-1-2-9(14)7-15/h3-4,6,9H,1-2,5,7,14H2. The molecule has 0 bridgehead atoms. The molecule has 1 aliphatic rings. The van der Waals surface area contributed by atoms with Gasteiger partial charge in [0.2, 0.25) is 10.0 Å². The molecule has 18 heavy (non-hydrogen) atoms. The van der Waals surface area contributed by atoms with Crippen LogP contribution in [0.2, 0.25) is 0 Å². The molecule has 7 heteroatoms. The molecule has 4 nitrogen and oxygen atoms in total. The number of nitrogens with zero attached hydrogens (tertiary/aromatic N) is 1. The summed E-state index contributed by atoms with van der Waals surface area (Å²) in [4.78, 5) is -0.502. The SMILES string of the molecule is NC1CCCN(S(=O)(=O)c2ccc(F)cc2F)C1. The van der Waals surface area contributed by atoms with Gasteiger partial charge in [-0.25, -0.2) is 17.2 Å². The second-order valence-electron chi connectivity index (χ2n) is 4.34. The molecule has 0 saturated carbocycles. The minimum atomic E-state index is -3.93. The van der Waals surface area contributed by atoms with Crippen molar-refractivity contribution < 1.29 is 17.2 Å². The zero-order valence-electron chi connectivity index (χ0n) is 9.64. The third-order valence-electron chi connectivity index (χ3n) is 2.93. The molecular weight excluding hydrogens is 262 g/mol. The second kappa shape index (κ2) is 4.91. The Hall–Kier alpha value is -1.05. The van der Waals surface area contributed by atoms with E-state index in [1.54, 1.807) is 0 Å². The van der Waals surface area contributed by atoms with Crippen molar-refractivity contribution in [3.05, 3.63) is 29.8 Å². The van der Waals surface area contributed by atoms with E-state index in [-0.39, 0.29) is 12.6 Å². The van der Waals surface area contributed by atoms with Crippen LogP contribution in [0.25, 0.3) is 0 Å². The number of nitrogens with two attached hydrogens (primary N) is 1. The van der Waals surface area contributed by atoms with Crippen molar-refractivity contribution in [3.63, 3.8) is 0 Å². The quantitative estimate of drug-likeness (QED) is 0.879. The summed E-state index contributed by atoms with van der Waals surface area (Å²) >= 11 is 0. The lowest BCUT2D eigenvalue weighted by Gasteiger charge is -2.29. The van der Waals surface area contributed by atoms with E-state index >= 15 is 0 Å². The van der Waals surface area contributed by atoms with Gasteiger partial charge < -0.3 is 5.73 Å². The Kier molecular flexibility index (Phi) is 3.65. The molecule has 1 aliphatic heterocycles. The monoisotopic (exact) mass is 276 g/mol. The fraction of sp³-hybridized carbons (Fsp3) is 0.455. The lowest BCUT2D eigenvalue weighted by Crippen LogP contribution is -2.45. The fourth-order valence-electron chi connectivity index (χ4n) is 2.02. The molecule has 0 spiro atoms. The van der Waals surface area contributed by atoms with Crippen molar-refractivity contribution in [3.8, 4) is 0 Å². The third-order valence-corrected chi connectivity index (χ3v) is 4.83. The Morgan fingerprint density at radius 1 is 1.33 bits per heavy atom. The highest BCUT2D eigenvalue weighted by Gasteiger charge is 2.30. The van der Waals surface area contributed by atoms with Gasteiger partial charge in [-0.05, 0) is 25.0 Å². The maximum Gasteiger partial charge on any atom is 0.246 e. The lowest BCUT2D eigenvalue weighted by atomic mass is 10.1. The molecule has 0 aromatic heterocycles. The van der Waals surface area contributed by atoms with Gasteiger partial charge in [0.1, 0.15) is 16.5 Å². The van der Waals surface area contributed by atoms with E-state index in [0.29, 0.717) is 19.0 Å². The number of piperidine rings is 1. The van der Waals surface area contributed by atoms with Crippen molar-refractivity contribution >= 4 is 10.0 Å². The van der Waals surface area contributed by atoms with Crippen LogP contribution in [0, 0.1) is 11.6 Å². The molecule has 100 valence electrons. The van der Waals surface area contributed by atoms with E-state index in [0.717, 1.165) is 22.9 Å². The van der Waals surface area contributed by atoms with Crippen molar-refractivity contribution in [2.24, 2.45) is 5.73 Å². The van der Waals surface area contributed by atoms with Crippen molar-refractivity contribution in [1.82, 2.24) is 4.31 Å². The Morgan fingerprint density at radius 2 is 2.06 bits per heavy atom. The highest BCUT2D eigenvalue weighted by atomic mass is 32.2. The van der Waals surface area contributed by atoms with Crippen LogP contribution in [-0.2, 0) is 10.0 Å². The zero-order chi connectivity index (χ0) is 13.3. The van der Waals surface area contributed by atoms with Gasteiger partial charge in [0.25, 0.3) is 0 Å². The van der Waals surface area contributed by atoms with Gasteiger partial charge in [-0.1, -0.05) is 0 Å². The summed E-state index contributed by atoms with van der Waals surface area (Å²) in [5.74, 6) is -1.88. The van der Waals surface area contributed by atoms with E-state index < -0.39 is 26.6 Å². The van der Waals surface area contributed by atoms with Gasteiger partial charge in [-0.15, -0.1) is 0 Å². The molecule has 1 heterocycles. The molecule has 1 aromatic rings. The predicted octanol–water partition coefficient (Wildman–Crippen LogP) is 1.08. The van der Waals surface area contributed by atoms with Crippen LogP contribution in [-0.4, -0.2) is 31.9 Å². The minimum absolute atomic E-state index is 0.166. The molecule has 2 N–H and O–H groups in total. The van der Waals surface area contributed by atoms with Crippen LogP contribution >= 0.6 is 0 Å². The number of halogens is 2. The largest absolute Gasteiger partial charge is 0.327 e. The highest BCUT2D eigenvalue weighted by Crippen LogP contribution is 2.22. The summed E-state index contributed by atoms with van der Waals surface area (Å²) in [6, 6.07) is 2.20. The van der Waals surface area contributed by atoms with E-state index in [1.165, 1.54) is 0 Å². The van der Waals surface area contributed by atoms with Crippen LogP contribution in [0.4, 0.5) is 8.78 Å². The summed E-state index contributed by atoms with van der Waals surface area (Å²) < 4.78 is 51.8. The van der Waals surface area contributed by atoms with Gasteiger partial charge in [-0.3, -0.25) is 0 Å². The van der Waals surface area contributed by atoms with Crippen molar-refractivity contribution in [2.45, 2.75) is 23.8 Å². The normalized spacial score (nSPS) is 22.1. The number of benzene rings is 1. The van der Waals surface area contributed by atoms with Gasteiger partial charge in [0, 0.05) is 25.2 Å². The average Bonchev–Trinajstić information content (AvgIpc) is 2.28. The van der Waals surface area contributed by atoms with Crippen molar-refractivity contribution in [1.29, 1.82) is 0 Å². The first-order valence-electron chi connectivity index (χ1n) is 5.62. The number of hydrogen-bond acceptors (Lipinski definition) is 3. The van der Waals surface area contributed by atoms with Crippen LogP contribution in [0.1, 0.15) is 12.8 Å². The molecular formula is C11H14F2N2O2S. The van der Waals surface area contributed by atoms with Crippen LogP contribution < -0.4 is 5.73 Å². The number of hydrogen-bond donors (Lipinski definition) is 1. The summed E-state index contributed by atoms with van der Waals surface area (Å²) in [5, 5.41) is 0. The molecule has 0 amide bonds. The van der Waals surface area contributed by atoms with Crippen molar-refractivity contribution in [2.75, 3.05) is 13.1 Å². The van der Waals surface area contributed by atoms with Gasteiger partial charge in [-0.2, -0.15) is 4.31 Å². The highest BCUT2D eigenvalue weighted by molar-refractivity contribution is 7.89. The summed E-state index contributed by atoms with van der Waals surface area (Å²) in [7, 11) is -3.93. The Bertz CT molecular complexity index is 548. The maximum absolute atomic E-state index is 13.5. The molecule has 0 aliphatic carbocycles. The fourth-order valence-corrected chi connectivity index (χ4v) is 3.60. The number of sulfonamides is 1. The Balaban J connectivity index is 2.35. The van der Waals surface area contributed by atoms with Crippen LogP contribution in [0.15, 0.2) is 23.1 Å². The van der Waals surface area contributed by atoms with Gasteiger partial charge >= 0.3 is 0 Å². The third kappa shape index (κ3) is 2.52. The summed E-state index contributed by atoms with van der Waals surface area (Å²) in [6.07, 6.45) is 1.39. The van der Waals surface area contributed by atoms with Gasteiger partial charge in [0.05, 0.1) is 0 Å². The first kappa shape index (κ1) is 13.4. The second-order valence-corrected chi connectivity index (χ2v) is 6.25. The Labute approximate surface area is 104 Å². The topological polar surface area (TPSA) is 63.4 Å². The molecule has 1 saturated heterocycles. The van der Waals surface area contributed by atoms with E-state index in [2.05, 4.69) is 0 Å². The maximum atomic E-state index is 13.5.